The molecule has 0 saturated heterocycles. The summed E-state index contributed by atoms with van der Waals surface area (Å²) in [6, 6.07) is 0. The Morgan fingerprint density at radius 1 is 1.35 bits per heavy atom. The fourth-order valence-corrected chi connectivity index (χ4v) is 1.61. The van der Waals surface area contributed by atoms with Crippen LogP contribution < -0.4 is 10.6 Å². The largest absolute Gasteiger partial charge is 0.356 e. The van der Waals surface area contributed by atoms with Gasteiger partial charge in [0.1, 0.15) is 0 Å². The van der Waals surface area contributed by atoms with Gasteiger partial charge in [-0.3, -0.25) is 4.99 Å². The number of aliphatic imine (C=N–C) groups is 1. The standard InChI is InChI=1S/C12H25N3S.HI/c1-12(2,16-4)9-15-11(13-3)14-8-7-10-5-6-10;/h10H,5-9H2,1-4H3,(H2,13,14,15);1H. The van der Waals surface area contributed by atoms with Crippen molar-refractivity contribution in [3.8, 4) is 0 Å². The average Bonchev–Trinajstić information content (AvgIpc) is 3.07. The maximum absolute atomic E-state index is 4.23. The number of rotatable bonds is 6. The van der Waals surface area contributed by atoms with Gasteiger partial charge in [-0.25, -0.2) is 0 Å². The van der Waals surface area contributed by atoms with Crippen LogP contribution in [0.2, 0.25) is 0 Å². The Hall–Kier alpha value is 0.350. The molecule has 1 aliphatic rings. The average molecular weight is 371 g/mol. The van der Waals surface area contributed by atoms with Gasteiger partial charge in [0.15, 0.2) is 5.96 Å². The molecule has 0 amide bonds. The van der Waals surface area contributed by atoms with Gasteiger partial charge in [-0.05, 0) is 32.4 Å². The molecule has 1 fully saturated rings. The van der Waals surface area contributed by atoms with E-state index < -0.39 is 0 Å². The Morgan fingerprint density at radius 2 is 2.00 bits per heavy atom. The molecule has 0 spiro atoms. The van der Waals surface area contributed by atoms with Crippen LogP contribution in [0.3, 0.4) is 0 Å². The highest BCUT2D eigenvalue weighted by molar-refractivity contribution is 14.0. The van der Waals surface area contributed by atoms with Crippen LogP contribution in [0.5, 0.6) is 0 Å². The van der Waals surface area contributed by atoms with E-state index in [0.717, 1.165) is 25.0 Å². The van der Waals surface area contributed by atoms with Gasteiger partial charge in [0, 0.05) is 24.9 Å². The molecular formula is C12H26IN3S. The highest BCUT2D eigenvalue weighted by Crippen LogP contribution is 2.31. The Labute approximate surface area is 127 Å². The first kappa shape index (κ1) is 17.4. The maximum atomic E-state index is 4.23. The molecule has 2 N–H and O–H groups in total. The monoisotopic (exact) mass is 371 g/mol. The van der Waals surface area contributed by atoms with Crippen molar-refractivity contribution in [3.05, 3.63) is 0 Å². The molecule has 102 valence electrons. The summed E-state index contributed by atoms with van der Waals surface area (Å²) in [6.07, 6.45) is 6.28. The van der Waals surface area contributed by atoms with Crippen molar-refractivity contribution in [2.24, 2.45) is 10.9 Å². The predicted molar refractivity (Wildman–Crippen MR) is 89.7 cm³/mol. The molecule has 0 unspecified atom stereocenters. The van der Waals surface area contributed by atoms with Gasteiger partial charge < -0.3 is 10.6 Å². The van der Waals surface area contributed by atoms with E-state index in [9.17, 15) is 0 Å². The third-order valence-electron chi connectivity index (χ3n) is 3.00. The van der Waals surface area contributed by atoms with E-state index in [0.29, 0.717) is 0 Å². The Morgan fingerprint density at radius 3 is 2.47 bits per heavy atom. The van der Waals surface area contributed by atoms with E-state index in [1.165, 1.54) is 19.3 Å². The number of hydrogen-bond acceptors (Lipinski definition) is 2. The molecule has 0 bridgehead atoms. The van der Waals surface area contributed by atoms with Gasteiger partial charge in [-0.2, -0.15) is 11.8 Å². The number of halogens is 1. The molecule has 3 nitrogen and oxygen atoms in total. The lowest BCUT2D eigenvalue weighted by molar-refractivity contribution is 0.648. The van der Waals surface area contributed by atoms with Crippen molar-refractivity contribution in [2.75, 3.05) is 26.4 Å². The first-order valence-corrected chi connectivity index (χ1v) is 7.29. The second kappa shape index (κ2) is 8.45. The van der Waals surface area contributed by atoms with Crippen molar-refractivity contribution in [1.82, 2.24) is 10.6 Å². The molecule has 0 aliphatic heterocycles. The highest BCUT2D eigenvalue weighted by Gasteiger charge is 2.20. The van der Waals surface area contributed by atoms with Crippen LogP contribution in [-0.4, -0.2) is 37.1 Å². The SMILES string of the molecule is CN=C(NCCC1CC1)NCC(C)(C)SC.I. The second-order valence-corrected chi connectivity index (χ2v) is 6.56. The van der Waals surface area contributed by atoms with Gasteiger partial charge in [0.2, 0.25) is 0 Å². The van der Waals surface area contributed by atoms with Gasteiger partial charge in [-0.15, -0.1) is 24.0 Å². The zero-order chi connectivity index (χ0) is 12.0. The van der Waals surface area contributed by atoms with Crippen molar-refractivity contribution >= 4 is 41.7 Å². The van der Waals surface area contributed by atoms with Crippen LogP contribution in [0.25, 0.3) is 0 Å². The van der Waals surface area contributed by atoms with Gasteiger partial charge in [0.05, 0.1) is 0 Å². The topological polar surface area (TPSA) is 36.4 Å². The minimum absolute atomic E-state index is 0. The van der Waals surface area contributed by atoms with Crippen molar-refractivity contribution < 1.29 is 0 Å². The smallest absolute Gasteiger partial charge is 0.191 e. The van der Waals surface area contributed by atoms with E-state index in [4.69, 9.17) is 0 Å². The van der Waals surface area contributed by atoms with Crippen molar-refractivity contribution in [2.45, 2.75) is 37.9 Å². The number of thioether (sulfide) groups is 1. The number of guanidine groups is 1. The molecule has 0 heterocycles. The summed E-state index contributed by atoms with van der Waals surface area (Å²) in [5.41, 5.74) is 0. The van der Waals surface area contributed by atoms with Crippen LogP contribution in [0.1, 0.15) is 33.1 Å². The van der Waals surface area contributed by atoms with Crippen molar-refractivity contribution in [3.63, 3.8) is 0 Å². The Bertz CT molecular complexity index is 240. The first-order valence-electron chi connectivity index (χ1n) is 6.07. The van der Waals surface area contributed by atoms with Crippen LogP contribution in [-0.2, 0) is 0 Å². The van der Waals surface area contributed by atoms with Crippen LogP contribution in [0.4, 0.5) is 0 Å². The van der Waals surface area contributed by atoms with Crippen LogP contribution in [0.15, 0.2) is 4.99 Å². The fraction of sp³-hybridized carbons (Fsp3) is 0.917. The molecule has 5 heteroatoms. The molecule has 0 atom stereocenters. The lowest BCUT2D eigenvalue weighted by Crippen LogP contribution is -2.43. The third kappa shape index (κ3) is 8.13. The summed E-state index contributed by atoms with van der Waals surface area (Å²) < 4.78 is 0.258. The predicted octanol–water partition coefficient (Wildman–Crippen LogP) is 2.71. The third-order valence-corrected chi connectivity index (χ3v) is 4.25. The second-order valence-electron chi connectivity index (χ2n) is 5.05. The molecule has 17 heavy (non-hydrogen) atoms. The summed E-state index contributed by atoms with van der Waals surface area (Å²) in [4.78, 5) is 4.23. The van der Waals surface area contributed by atoms with Crippen LogP contribution in [0, 0.1) is 5.92 Å². The zero-order valence-electron chi connectivity index (χ0n) is 11.4. The molecule has 0 radical (unpaired) electrons. The van der Waals surface area contributed by atoms with E-state index >= 15 is 0 Å². The molecule has 1 rings (SSSR count). The summed E-state index contributed by atoms with van der Waals surface area (Å²) in [6.45, 7) is 6.46. The lowest BCUT2D eigenvalue weighted by atomic mass is 10.2. The highest BCUT2D eigenvalue weighted by atomic mass is 127. The molecular weight excluding hydrogens is 345 g/mol. The minimum Gasteiger partial charge on any atom is -0.356 e. The summed E-state index contributed by atoms with van der Waals surface area (Å²) >= 11 is 1.87. The Balaban J connectivity index is 0.00000256. The van der Waals surface area contributed by atoms with Gasteiger partial charge in [-0.1, -0.05) is 12.8 Å². The van der Waals surface area contributed by atoms with Gasteiger partial charge in [0.25, 0.3) is 0 Å². The van der Waals surface area contributed by atoms with Crippen LogP contribution >= 0.6 is 35.7 Å². The normalized spacial score (nSPS) is 16.4. The molecule has 0 aromatic heterocycles. The minimum atomic E-state index is 0. The van der Waals surface area contributed by atoms with E-state index in [1.54, 1.807) is 0 Å². The summed E-state index contributed by atoms with van der Waals surface area (Å²) in [7, 11) is 1.83. The number of hydrogen-bond donors (Lipinski definition) is 2. The molecule has 1 aliphatic carbocycles. The molecule has 0 aromatic rings. The van der Waals surface area contributed by atoms with Gasteiger partial charge >= 0.3 is 0 Å². The quantitative estimate of drug-likeness (QED) is 0.428. The maximum Gasteiger partial charge on any atom is 0.191 e. The Kier molecular flexibility index (Phi) is 8.63. The van der Waals surface area contributed by atoms with E-state index in [-0.39, 0.29) is 28.7 Å². The number of nitrogens with zero attached hydrogens (tertiary/aromatic N) is 1. The van der Waals surface area contributed by atoms with E-state index in [2.05, 4.69) is 35.7 Å². The summed E-state index contributed by atoms with van der Waals surface area (Å²) in [5, 5.41) is 6.74. The molecule has 0 aromatic carbocycles. The number of nitrogens with one attached hydrogen (secondary N) is 2. The summed E-state index contributed by atoms with van der Waals surface area (Å²) in [5.74, 6) is 1.91. The lowest BCUT2D eigenvalue weighted by Gasteiger charge is -2.23. The first-order chi connectivity index (χ1) is 7.57. The van der Waals surface area contributed by atoms with E-state index in [1.807, 2.05) is 18.8 Å². The molecule has 1 saturated carbocycles. The van der Waals surface area contributed by atoms with Crippen molar-refractivity contribution in [1.29, 1.82) is 0 Å². The fourth-order valence-electron chi connectivity index (χ4n) is 1.39. The zero-order valence-corrected chi connectivity index (χ0v) is 14.5.